The van der Waals surface area contributed by atoms with Crippen molar-refractivity contribution in [2.45, 2.75) is 40.0 Å². The molecule has 0 fully saturated rings. The summed E-state index contributed by atoms with van der Waals surface area (Å²) in [7, 11) is 0. The first kappa shape index (κ1) is 35.2. The first-order chi connectivity index (χ1) is 25.5. The Morgan fingerprint density at radius 1 is 0.519 bits per heavy atom. The fraction of sp³-hybridized carbons (Fsp3) is 0.167. The molecule has 18 heteroatoms. The summed E-state index contributed by atoms with van der Waals surface area (Å²) in [6, 6.07) is 11.2. The van der Waals surface area contributed by atoms with Crippen molar-refractivity contribution in [3.8, 4) is 12.1 Å². The van der Waals surface area contributed by atoms with Crippen LogP contribution in [-0.4, -0.2) is 15.0 Å². The summed E-state index contributed by atoms with van der Waals surface area (Å²) in [5.74, 6) is -2.27. The number of nitriles is 2. The minimum atomic E-state index is -4.70. The number of halogens is 6. The number of alkyl halides is 6. The van der Waals surface area contributed by atoms with Crippen molar-refractivity contribution in [1.82, 2.24) is 15.0 Å². The highest BCUT2D eigenvalue weighted by Crippen LogP contribution is 2.32. The van der Waals surface area contributed by atoms with Crippen LogP contribution in [0.1, 0.15) is 50.9 Å². The number of nitrogens with zero attached hydrogens (tertiary/aromatic N) is 12. The van der Waals surface area contributed by atoms with E-state index < -0.39 is 52.2 Å². The lowest BCUT2D eigenvalue weighted by Gasteiger charge is -2.08. The number of benzene rings is 3. The molecule has 4 heterocycles. The zero-order valence-corrected chi connectivity index (χ0v) is 28.1. The fourth-order valence-corrected chi connectivity index (χ4v) is 5.69. The van der Waals surface area contributed by atoms with Gasteiger partial charge in [0.2, 0.25) is 0 Å². The fourth-order valence-electron chi connectivity index (χ4n) is 5.69. The average Bonchev–Trinajstić information content (AvgIpc) is 3.80. The second kappa shape index (κ2) is 12.5. The number of fused-ring (bicyclic) bond motifs is 3. The molecular weight excluding hydrogens is 714 g/mol. The number of hydrogen-bond donors (Lipinski definition) is 0. The second-order valence-corrected chi connectivity index (χ2v) is 12.1. The molecule has 0 bridgehead atoms. The van der Waals surface area contributed by atoms with Crippen LogP contribution in [0.15, 0.2) is 83.8 Å². The Morgan fingerprint density at radius 3 is 1.17 bits per heavy atom. The van der Waals surface area contributed by atoms with Crippen molar-refractivity contribution < 1.29 is 26.3 Å². The predicted molar refractivity (Wildman–Crippen MR) is 174 cm³/mol. The normalized spacial score (nSPS) is 15.7. The lowest BCUT2D eigenvalue weighted by Crippen LogP contribution is -2.25. The van der Waals surface area contributed by atoms with E-state index in [1.165, 1.54) is 13.8 Å². The van der Waals surface area contributed by atoms with E-state index in [1.54, 1.807) is 12.1 Å². The van der Waals surface area contributed by atoms with Gasteiger partial charge in [0.15, 0.2) is 34.9 Å². The smallest absolute Gasteiger partial charge is 0.238 e. The molecule has 3 aliphatic rings. The molecule has 0 N–H and O–H groups in total. The van der Waals surface area contributed by atoms with Gasteiger partial charge in [-0.05, 0) is 86.3 Å². The van der Waals surface area contributed by atoms with Gasteiger partial charge in [0.1, 0.15) is 23.3 Å². The average molecular weight is 733 g/mol. The Labute approximate surface area is 298 Å². The van der Waals surface area contributed by atoms with Gasteiger partial charge in [0, 0.05) is 0 Å². The highest BCUT2D eigenvalue weighted by Gasteiger charge is 2.34. The zero-order valence-electron chi connectivity index (χ0n) is 28.1. The molecule has 0 atom stereocenters. The van der Waals surface area contributed by atoms with Gasteiger partial charge in [-0.3, -0.25) is 0 Å². The van der Waals surface area contributed by atoms with E-state index in [9.17, 15) is 36.9 Å². The van der Waals surface area contributed by atoms with E-state index in [4.69, 9.17) is 6.57 Å². The number of aryl methyl sites for hydroxylation is 4. The standard InChI is InChI=1S/C36H18F6N12/c1-14-6-22-23(7-15(14)2)47-29(46-22)18(12-43)31-52-32(19(13-44)30-48-24-8-16(3)20(35(37,38)39)10-26(24)49-30)54-34(53-31)28(45-5)33-50-25-9-17(4)21(36(40,41)42)11-27(25)51-33/h6-11H,1-4H3/b30-19-,33-28+. The van der Waals surface area contributed by atoms with Crippen molar-refractivity contribution in [3.05, 3.63) is 148 Å². The third kappa shape index (κ3) is 6.07. The van der Waals surface area contributed by atoms with Crippen LogP contribution in [0, 0.1) is 56.9 Å². The van der Waals surface area contributed by atoms with Crippen LogP contribution in [0.2, 0.25) is 0 Å². The first-order valence-electron chi connectivity index (χ1n) is 15.5. The quantitative estimate of drug-likeness (QED) is 0.177. The maximum atomic E-state index is 13.7. The molecule has 3 aliphatic heterocycles. The summed E-state index contributed by atoms with van der Waals surface area (Å²) < 4.78 is 82.0. The van der Waals surface area contributed by atoms with Gasteiger partial charge in [-0.2, -0.15) is 36.9 Å². The second-order valence-electron chi connectivity index (χ2n) is 12.1. The molecule has 0 aliphatic carbocycles. The third-order valence-corrected chi connectivity index (χ3v) is 8.49. The van der Waals surface area contributed by atoms with Crippen molar-refractivity contribution in [1.29, 1.82) is 10.5 Å². The molecule has 12 nitrogen and oxygen atoms in total. The Bertz CT molecular complexity index is 2860. The largest absolute Gasteiger partial charge is 0.416 e. The molecule has 3 aromatic carbocycles. The van der Waals surface area contributed by atoms with Gasteiger partial charge in [0.25, 0.3) is 5.70 Å². The van der Waals surface area contributed by atoms with Crippen molar-refractivity contribution in [2.75, 3.05) is 0 Å². The van der Waals surface area contributed by atoms with Gasteiger partial charge in [-0.25, -0.2) is 49.8 Å². The van der Waals surface area contributed by atoms with Crippen LogP contribution < -0.4 is 32.1 Å². The van der Waals surface area contributed by atoms with Gasteiger partial charge in [0.05, 0.1) is 49.8 Å². The van der Waals surface area contributed by atoms with Gasteiger partial charge in [-0.15, -0.1) is 0 Å². The van der Waals surface area contributed by atoms with Crippen LogP contribution in [0.3, 0.4) is 0 Å². The highest BCUT2D eigenvalue weighted by atomic mass is 19.4. The maximum absolute atomic E-state index is 13.7. The molecule has 0 saturated heterocycles. The Morgan fingerprint density at radius 2 is 0.833 bits per heavy atom. The Kier molecular flexibility index (Phi) is 8.11. The Balaban J connectivity index is 1.49. The van der Waals surface area contributed by atoms with Crippen LogP contribution in [0.5, 0.6) is 0 Å². The predicted octanol–water partition coefficient (Wildman–Crippen LogP) is 3.93. The highest BCUT2D eigenvalue weighted by molar-refractivity contribution is 5.80. The summed E-state index contributed by atoms with van der Waals surface area (Å²) in [5, 5.41) is 21.3. The summed E-state index contributed by atoms with van der Waals surface area (Å²) in [4.78, 5) is 42.1. The summed E-state index contributed by atoms with van der Waals surface area (Å²) in [5.41, 5.74) is -1.65. The third-order valence-electron chi connectivity index (χ3n) is 8.49. The van der Waals surface area contributed by atoms with E-state index >= 15 is 0 Å². The monoisotopic (exact) mass is 732 g/mol. The van der Waals surface area contributed by atoms with Crippen LogP contribution in [0.25, 0.3) is 21.7 Å². The van der Waals surface area contributed by atoms with Gasteiger partial charge >= 0.3 is 12.4 Å². The van der Waals surface area contributed by atoms with E-state index in [0.29, 0.717) is 10.7 Å². The molecule has 7 rings (SSSR count). The molecule has 264 valence electrons. The van der Waals surface area contributed by atoms with Gasteiger partial charge in [-0.1, -0.05) is 0 Å². The van der Waals surface area contributed by atoms with Gasteiger partial charge < -0.3 is 0 Å². The van der Waals surface area contributed by atoms with Crippen molar-refractivity contribution in [2.24, 2.45) is 30.0 Å². The van der Waals surface area contributed by atoms with Crippen molar-refractivity contribution in [3.63, 3.8) is 0 Å². The van der Waals surface area contributed by atoms with Crippen LogP contribution >= 0.6 is 0 Å². The molecule has 0 amide bonds. The minimum absolute atomic E-state index is 0.0308. The van der Waals surface area contributed by atoms with E-state index in [2.05, 4.69) is 49.8 Å². The topological polar surface area (TPSA) is 165 Å². The van der Waals surface area contributed by atoms with Crippen molar-refractivity contribution >= 4 is 16.8 Å². The van der Waals surface area contributed by atoms with E-state index in [0.717, 1.165) is 35.4 Å². The maximum Gasteiger partial charge on any atom is 0.416 e. The molecule has 0 unspecified atom stereocenters. The molecule has 54 heavy (non-hydrogen) atoms. The lowest BCUT2D eigenvalue weighted by atomic mass is 10.1. The van der Waals surface area contributed by atoms with Crippen LogP contribution in [0.4, 0.5) is 26.3 Å². The molecular formula is C36H18F6N12. The molecule has 1 aromatic heterocycles. The molecule has 0 spiro atoms. The molecule has 4 aromatic rings. The van der Waals surface area contributed by atoms with E-state index in [1.807, 2.05) is 26.0 Å². The lowest BCUT2D eigenvalue weighted by molar-refractivity contribution is -0.139. The zero-order chi connectivity index (χ0) is 38.9. The number of allylic oxidation sites excluding steroid dienone is 2. The summed E-state index contributed by atoms with van der Waals surface area (Å²) in [6.07, 6.45) is -9.39. The summed E-state index contributed by atoms with van der Waals surface area (Å²) in [6.45, 7) is 14.2. The molecule has 0 saturated carbocycles. The molecule has 0 radical (unpaired) electrons. The number of hydrogen-bond acceptors (Lipinski definition) is 11. The number of aromatic nitrogens is 3. The Hall–Kier alpha value is -7.26. The van der Waals surface area contributed by atoms with Crippen LogP contribution in [-0.2, 0) is 12.4 Å². The SMILES string of the molecule is [C-]#[N+]/C(=C1\N=c2cc(C)c(C(F)(F)F)cc2=N1)c1nc(C(C#N)=C2N=c3cc(C)c(C)cc3=N2)nc(/C(C#N)=C2/N=c3cc(C)c(C(F)(F)F)cc3=N2)n1. The first-order valence-corrected chi connectivity index (χ1v) is 15.5. The van der Waals surface area contributed by atoms with E-state index in [-0.39, 0.29) is 55.6 Å². The number of rotatable bonds is 3. The summed E-state index contributed by atoms with van der Waals surface area (Å²) >= 11 is 0. The minimum Gasteiger partial charge on any atom is -0.238 e.